The highest BCUT2D eigenvalue weighted by Gasteiger charge is 2.17. The molecule has 3 rings (SSSR count). The Labute approximate surface area is 202 Å². The number of benzene rings is 2. The second-order valence-corrected chi connectivity index (χ2v) is 7.08. The number of aliphatic hydroxyl groups excluding tert-OH is 1. The van der Waals surface area contributed by atoms with E-state index in [1.54, 1.807) is 42.5 Å². The van der Waals surface area contributed by atoms with Crippen LogP contribution < -0.4 is 19.5 Å². The number of methoxy groups -OCH3 is 4. The van der Waals surface area contributed by atoms with Crippen molar-refractivity contribution >= 4 is 17.6 Å². The topological polar surface area (TPSA) is 116 Å². The summed E-state index contributed by atoms with van der Waals surface area (Å²) in [5.41, 5.74) is 2.45. The summed E-state index contributed by atoms with van der Waals surface area (Å²) in [5.74, 6) is 6.10. The molecule has 1 heterocycles. The largest absolute Gasteiger partial charge is 0.493 e. The van der Waals surface area contributed by atoms with E-state index in [2.05, 4.69) is 26.9 Å². The molecular weight excluding hydrogens is 452 g/mol. The molecule has 0 atom stereocenters. The number of carbonyl (C=O) groups excluding carboxylic acids is 2. The van der Waals surface area contributed by atoms with E-state index in [0.29, 0.717) is 45.3 Å². The number of aliphatic hydroxyl groups is 1. The van der Waals surface area contributed by atoms with Gasteiger partial charge in [0.2, 0.25) is 5.75 Å². The maximum absolute atomic E-state index is 12.8. The summed E-state index contributed by atoms with van der Waals surface area (Å²) < 4.78 is 20.6. The Balaban J connectivity index is 1.77. The Kier molecular flexibility index (Phi) is 8.27. The molecule has 0 bridgehead atoms. The van der Waals surface area contributed by atoms with Crippen molar-refractivity contribution in [3.8, 4) is 29.1 Å². The van der Waals surface area contributed by atoms with Crippen LogP contribution in [0.5, 0.6) is 17.2 Å². The first-order valence-corrected chi connectivity index (χ1v) is 10.4. The van der Waals surface area contributed by atoms with E-state index in [4.69, 9.17) is 14.2 Å². The molecule has 2 aromatic carbocycles. The summed E-state index contributed by atoms with van der Waals surface area (Å²) >= 11 is 0. The van der Waals surface area contributed by atoms with Crippen molar-refractivity contribution in [3.05, 3.63) is 76.6 Å². The summed E-state index contributed by atoms with van der Waals surface area (Å²) in [6, 6.07) is 13.1. The van der Waals surface area contributed by atoms with Gasteiger partial charge in [0.1, 0.15) is 5.69 Å². The molecule has 9 heteroatoms. The number of anilines is 1. The third kappa shape index (κ3) is 6.07. The predicted octanol–water partition coefficient (Wildman–Crippen LogP) is 3.04. The molecule has 0 saturated heterocycles. The van der Waals surface area contributed by atoms with Gasteiger partial charge >= 0.3 is 5.97 Å². The first-order chi connectivity index (χ1) is 16.9. The van der Waals surface area contributed by atoms with Crippen LogP contribution in [0.4, 0.5) is 5.69 Å². The molecule has 0 spiro atoms. The van der Waals surface area contributed by atoms with Gasteiger partial charge in [-0.3, -0.25) is 4.79 Å². The molecule has 2 N–H and O–H groups in total. The molecule has 180 valence electrons. The van der Waals surface area contributed by atoms with Crippen LogP contribution in [-0.4, -0.2) is 50.4 Å². The van der Waals surface area contributed by atoms with Crippen molar-refractivity contribution in [2.45, 2.75) is 6.61 Å². The average Bonchev–Trinajstić information content (AvgIpc) is 2.90. The van der Waals surface area contributed by atoms with Gasteiger partial charge in [-0.15, -0.1) is 0 Å². The van der Waals surface area contributed by atoms with Crippen molar-refractivity contribution in [1.29, 1.82) is 0 Å². The number of nitrogens with zero attached hydrogens (tertiary/aromatic N) is 1. The Morgan fingerprint density at radius 2 is 1.51 bits per heavy atom. The van der Waals surface area contributed by atoms with Crippen LogP contribution in [0.15, 0.2) is 48.5 Å². The van der Waals surface area contributed by atoms with Crippen LogP contribution in [0, 0.1) is 11.8 Å². The molecule has 35 heavy (non-hydrogen) atoms. The minimum Gasteiger partial charge on any atom is -0.493 e. The number of carbonyl (C=O) groups is 2. The first-order valence-electron chi connectivity index (χ1n) is 10.4. The van der Waals surface area contributed by atoms with E-state index in [9.17, 15) is 14.7 Å². The quantitative estimate of drug-likeness (QED) is 0.395. The number of pyridine rings is 1. The summed E-state index contributed by atoms with van der Waals surface area (Å²) in [6.07, 6.45) is 0. The van der Waals surface area contributed by atoms with Crippen LogP contribution in [0.3, 0.4) is 0 Å². The molecule has 0 radical (unpaired) electrons. The third-order valence-electron chi connectivity index (χ3n) is 4.86. The van der Waals surface area contributed by atoms with Gasteiger partial charge in [-0.1, -0.05) is 11.8 Å². The lowest BCUT2D eigenvalue weighted by atomic mass is 10.1. The van der Waals surface area contributed by atoms with Gasteiger partial charge < -0.3 is 29.4 Å². The van der Waals surface area contributed by atoms with Crippen molar-refractivity contribution in [2.24, 2.45) is 0 Å². The molecule has 3 aromatic rings. The molecule has 0 saturated carbocycles. The first kappa shape index (κ1) is 25.1. The molecule has 0 aliphatic rings. The van der Waals surface area contributed by atoms with Gasteiger partial charge in [0, 0.05) is 22.4 Å². The number of aromatic nitrogens is 1. The van der Waals surface area contributed by atoms with Gasteiger partial charge in [-0.05, 0) is 48.5 Å². The fourth-order valence-electron chi connectivity index (χ4n) is 3.15. The minimum absolute atomic E-state index is 0.0632. The molecule has 1 amide bonds. The van der Waals surface area contributed by atoms with Crippen molar-refractivity contribution in [1.82, 2.24) is 4.98 Å². The number of ether oxygens (including phenoxy) is 4. The molecule has 0 unspecified atom stereocenters. The number of hydrogen-bond donors (Lipinski definition) is 2. The van der Waals surface area contributed by atoms with Crippen LogP contribution in [0.1, 0.15) is 37.7 Å². The Bertz CT molecular complexity index is 1270. The van der Waals surface area contributed by atoms with Gasteiger partial charge in [0.15, 0.2) is 11.5 Å². The maximum atomic E-state index is 12.8. The Morgan fingerprint density at radius 3 is 2.06 bits per heavy atom. The lowest BCUT2D eigenvalue weighted by Crippen LogP contribution is -2.12. The molecule has 9 nitrogen and oxygen atoms in total. The smallest absolute Gasteiger partial charge is 0.356 e. The molecule has 1 aromatic heterocycles. The average molecular weight is 476 g/mol. The lowest BCUT2D eigenvalue weighted by molar-refractivity contribution is 0.0593. The highest BCUT2D eigenvalue weighted by Crippen LogP contribution is 2.38. The maximum Gasteiger partial charge on any atom is 0.356 e. The second kappa shape index (κ2) is 11.5. The van der Waals surface area contributed by atoms with E-state index >= 15 is 0 Å². The fourth-order valence-corrected chi connectivity index (χ4v) is 3.15. The van der Waals surface area contributed by atoms with Gasteiger partial charge in [-0.25, -0.2) is 9.78 Å². The molecule has 0 aliphatic carbocycles. The zero-order valence-electron chi connectivity index (χ0n) is 19.7. The van der Waals surface area contributed by atoms with E-state index in [1.807, 2.05) is 0 Å². The molecular formula is C26H24N2O7. The standard InChI is InChI=1S/C26H24N2O7/c1-32-22-13-18(14-23(33-2)24(22)34-3)25(30)28-19-9-7-16(8-10-19)5-6-17-11-20(15-29)27-21(12-17)26(31)35-4/h7-14,29H,15H2,1-4H3,(H,28,30). The number of nitrogens with one attached hydrogen (secondary N) is 1. The third-order valence-corrected chi connectivity index (χ3v) is 4.86. The minimum atomic E-state index is -0.615. The fraction of sp³-hybridized carbons (Fsp3) is 0.192. The molecule has 0 fully saturated rings. The van der Waals surface area contributed by atoms with Gasteiger partial charge in [0.05, 0.1) is 40.7 Å². The van der Waals surface area contributed by atoms with Crippen molar-refractivity contribution < 1.29 is 33.6 Å². The van der Waals surface area contributed by atoms with Crippen LogP contribution in [0.2, 0.25) is 0 Å². The van der Waals surface area contributed by atoms with Crippen LogP contribution >= 0.6 is 0 Å². The van der Waals surface area contributed by atoms with Crippen LogP contribution in [-0.2, 0) is 11.3 Å². The predicted molar refractivity (Wildman–Crippen MR) is 128 cm³/mol. The van der Waals surface area contributed by atoms with E-state index in [1.165, 1.54) is 34.5 Å². The summed E-state index contributed by atoms with van der Waals surface area (Å²) in [6.45, 7) is -0.333. The van der Waals surface area contributed by atoms with Crippen LogP contribution in [0.25, 0.3) is 0 Å². The highest BCUT2D eigenvalue weighted by molar-refractivity contribution is 6.05. The Morgan fingerprint density at radius 1 is 0.886 bits per heavy atom. The number of esters is 1. The zero-order valence-corrected chi connectivity index (χ0v) is 19.7. The monoisotopic (exact) mass is 476 g/mol. The normalized spacial score (nSPS) is 9.97. The second-order valence-electron chi connectivity index (χ2n) is 7.08. The van der Waals surface area contributed by atoms with E-state index in [0.717, 1.165) is 0 Å². The van der Waals surface area contributed by atoms with Crippen molar-refractivity contribution in [3.63, 3.8) is 0 Å². The van der Waals surface area contributed by atoms with E-state index < -0.39 is 5.97 Å². The van der Waals surface area contributed by atoms with Crippen molar-refractivity contribution in [2.75, 3.05) is 33.8 Å². The van der Waals surface area contributed by atoms with Gasteiger partial charge in [0.25, 0.3) is 5.91 Å². The summed E-state index contributed by atoms with van der Waals surface area (Å²) in [4.78, 5) is 28.6. The number of rotatable bonds is 7. The van der Waals surface area contributed by atoms with Gasteiger partial charge in [-0.2, -0.15) is 0 Å². The number of hydrogen-bond acceptors (Lipinski definition) is 8. The Hall–Kier alpha value is -4.55. The zero-order chi connectivity index (χ0) is 25.4. The summed E-state index contributed by atoms with van der Waals surface area (Å²) in [7, 11) is 5.70. The molecule has 0 aliphatic heterocycles. The van der Waals surface area contributed by atoms with E-state index in [-0.39, 0.29) is 18.2 Å². The SMILES string of the molecule is COC(=O)c1cc(C#Cc2ccc(NC(=O)c3cc(OC)c(OC)c(OC)c3)cc2)cc(CO)n1. The summed E-state index contributed by atoms with van der Waals surface area (Å²) in [5, 5.41) is 12.2. The number of amides is 1. The lowest BCUT2D eigenvalue weighted by Gasteiger charge is -2.14. The highest BCUT2D eigenvalue weighted by atomic mass is 16.5.